The second-order valence-corrected chi connectivity index (χ2v) is 3.00. The van der Waals surface area contributed by atoms with Crippen molar-refractivity contribution < 1.29 is 4.74 Å². The van der Waals surface area contributed by atoms with E-state index in [2.05, 4.69) is 22.1 Å². The molecule has 2 aromatic rings. The van der Waals surface area contributed by atoms with Crippen LogP contribution in [0.2, 0.25) is 0 Å². The molecule has 3 heteroatoms. The van der Waals surface area contributed by atoms with Gasteiger partial charge in [0.05, 0.1) is 24.0 Å². The largest absolute Gasteiger partial charge is 0.368 e. The minimum Gasteiger partial charge on any atom is -0.368 e. The first-order valence-corrected chi connectivity index (χ1v) is 3.98. The maximum atomic E-state index is 5.19. The van der Waals surface area contributed by atoms with Crippen molar-refractivity contribution in [1.82, 2.24) is 9.97 Å². The molecule has 3 rings (SSSR count). The lowest BCUT2D eigenvalue weighted by Crippen LogP contribution is -1.79. The van der Waals surface area contributed by atoms with Crippen molar-refractivity contribution in [3.63, 3.8) is 0 Å². The van der Waals surface area contributed by atoms with Crippen molar-refractivity contribution in [3.8, 4) is 0 Å². The maximum absolute atomic E-state index is 5.19. The van der Waals surface area contributed by atoms with Crippen molar-refractivity contribution in [1.29, 1.82) is 0 Å². The number of nitrogens with one attached hydrogen (secondary N) is 1. The SMILES string of the molecule is c1nc2ccc([C@@H]3CO3)cc2[nH]1. The molecule has 3 nitrogen and oxygen atoms in total. The Morgan fingerprint density at radius 2 is 2.42 bits per heavy atom. The monoisotopic (exact) mass is 160 g/mol. The fourth-order valence-electron chi connectivity index (χ4n) is 1.39. The number of nitrogens with zero attached hydrogens (tertiary/aromatic N) is 1. The third kappa shape index (κ3) is 0.833. The summed E-state index contributed by atoms with van der Waals surface area (Å²) < 4.78 is 5.19. The van der Waals surface area contributed by atoms with Crippen LogP contribution < -0.4 is 0 Å². The van der Waals surface area contributed by atoms with Crippen molar-refractivity contribution in [2.75, 3.05) is 6.61 Å². The van der Waals surface area contributed by atoms with E-state index in [9.17, 15) is 0 Å². The van der Waals surface area contributed by atoms with Gasteiger partial charge in [0.25, 0.3) is 0 Å². The Morgan fingerprint density at radius 3 is 3.25 bits per heavy atom. The molecule has 60 valence electrons. The standard InChI is InChI=1S/C9H8N2O/c1-2-7-8(11-5-10-7)3-6(1)9-4-12-9/h1-3,5,9H,4H2,(H,10,11)/t9-/m0/s1. The summed E-state index contributed by atoms with van der Waals surface area (Å²) in [7, 11) is 0. The molecule has 1 saturated heterocycles. The van der Waals surface area contributed by atoms with Gasteiger partial charge in [-0.1, -0.05) is 6.07 Å². The summed E-state index contributed by atoms with van der Waals surface area (Å²) in [6, 6.07) is 6.18. The van der Waals surface area contributed by atoms with Crippen LogP contribution in [-0.2, 0) is 4.74 Å². The minimum atomic E-state index is 0.331. The lowest BCUT2D eigenvalue weighted by atomic mass is 10.1. The number of rotatable bonds is 1. The van der Waals surface area contributed by atoms with Crippen molar-refractivity contribution in [3.05, 3.63) is 30.1 Å². The van der Waals surface area contributed by atoms with E-state index in [0.29, 0.717) is 6.10 Å². The van der Waals surface area contributed by atoms with Crippen LogP contribution in [0, 0.1) is 0 Å². The highest BCUT2D eigenvalue weighted by molar-refractivity contribution is 5.75. The van der Waals surface area contributed by atoms with E-state index in [1.54, 1.807) is 6.33 Å². The number of ether oxygens (including phenoxy) is 1. The second-order valence-electron chi connectivity index (χ2n) is 3.00. The van der Waals surface area contributed by atoms with Gasteiger partial charge >= 0.3 is 0 Å². The van der Waals surface area contributed by atoms with Gasteiger partial charge in [0.1, 0.15) is 6.10 Å². The first-order chi connectivity index (χ1) is 5.93. The van der Waals surface area contributed by atoms with Crippen molar-refractivity contribution >= 4 is 11.0 Å². The summed E-state index contributed by atoms with van der Waals surface area (Å²) in [5.41, 5.74) is 3.34. The normalized spacial score (nSPS) is 21.5. The Bertz CT molecular complexity index is 417. The number of benzene rings is 1. The van der Waals surface area contributed by atoms with Crippen molar-refractivity contribution in [2.24, 2.45) is 0 Å². The third-order valence-electron chi connectivity index (χ3n) is 2.15. The number of fused-ring (bicyclic) bond motifs is 1. The van der Waals surface area contributed by atoms with E-state index in [4.69, 9.17) is 4.74 Å². The molecule has 1 aromatic heterocycles. The van der Waals surface area contributed by atoms with E-state index in [0.717, 1.165) is 17.6 Å². The van der Waals surface area contributed by atoms with Gasteiger partial charge in [-0.2, -0.15) is 0 Å². The molecular weight excluding hydrogens is 152 g/mol. The zero-order valence-corrected chi connectivity index (χ0v) is 6.45. The van der Waals surface area contributed by atoms with Crippen LogP contribution in [0.4, 0.5) is 0 Å². The summed E-state index contributed by atoms with van der Waals surface area (Å²) in [5.74, 6) is 0. The Labute approximate surface area is 69.4 Å². The molecule has 0 aliphatic carbocycles. The summed E-state index contributed by atoms with van der Waals surface area (Å²) in [4.78, 5) is 7.22. The molecule has 12 heavy (non-hydrogen) atoms. The zero-order chi connectivity index (χ0) is 7.97. The van der Waals surface area contributed by atoms with Gasteiger partial charge in [-0.15, -0.1) is 0 Å². The molecule has 1 aliphatic heterocycles. The van der Waals surface area contributed by atoms with Crippen LogP contribution in [0.1, 0.15) is 11.7 Å². The average molecular weight is 160 g/mol. The topological polar surface area (TPSA) is 41.2 Å². The number of imidazole rings is 1. The summed E-state index contributed by atoms with van der Waals surface area (Å²) >= 11 is 0. The number of hydrogen-bond donors (Lipinski definition) is 1. The molecule has 0 saturated carbocycles. The molecule has 0 radical (unpaired) electrons. The van der Waals surface area contributed by atoms with Gasteiger partial charge in [0, 0.05) is 0 Å². The molecule has 1 aromatic carbocycles. The Kier molecular flexibility index (Phi) is 1.07. The van der Waals surface area contributed by atoms with Gasteiger partial charge in [0.2, 0.25) is 0 Å². The number of hydrogen-bond acceptors (Lipinski definition) is 2. The van der Waals surface area contributed by atoms with E-state index in [-0.39, 0.29) is 0 Å². The molecule has 0 bridgehead atoms. The van der Waals surface area contributed by atoms with Crippen LogP contribution in [0.25, 0.3) is 11.0 Å². The van der Waals surface area contributed by atoms with E-state index in [1.165, 1.54) is 5.56 Å². The number of epoxide rings is 1. The first-order valence-electron chi connectivity index (χ1n) is 3.98. The van der Waals surface area contributed by atoms with Crippen LogP contribution in [0.15, 0.2) is 24.5 Å². The fraction of sp³-hybridized carbons (Fsp3) is 0.222. The molecule has 0 amide bonds. The smallest absolute Gasteiger partial charge is 0.106 e. The second kappa shape index (κ2) is 2.08. The Hall–Kier alpha value is -1.35. The number of aromatic amines is 1. The van der Waals surface area contributed by atoms with Gasteiger partial charge in [-0.25, -0.2) is 4.98 Å². The van der Waals surface area contributed by atoms with Gasteiger partial charge in [-0.3, -0.25) is 0 Å². The quantitative estimate of drug-likeness (QED) is 0.644. The highest BCUT2D eigenvalue weighted by atomic mass is 16.6. The molecule has 2 heterocycles. The maximum Gasteiger partial charge on any atom is 0.106 e. The molecule has 0 spiro atoms. The van der Waals surface area contributed by atoms with Crippen molar-refractivity contribution in [2.45, 2.75) is 6.10 Å². The van der Waals surface area contributed by atoms with E-state index in [1.807, 2.05) is 6.07 Å². The molecule has 0 unspecified atom stereocenters. The summed E-state index contributed by atoms with van der Waals surface area (Å²) in [5, 5.41) is 0. The Balaban J connectivity index is 2.21. The van der Waals surface area contributed by atoms with Crippen LogP contribution in [0.3, 0.4) is 0 Å². The van der Waals surface area contributed by atoms with Crippen LogP contribution in [-0.4, -0.2) is 16.6 Å². The molecule has 1 N–H and O–H groups in total. The summed E-state index contributed by atoms with van der Waals surface area (Å²) in [6.45, 7) is 0.861. The molecule has 1 atom stereocenters. The third-order valence-corrected chi connectivity index (χ3v) is 2.15. The average Bonchev–Trinajstić information content (AvgIpc) is 2.84. The molecular formula is C9H8N2O. The Morgan fingerprint density at radius 1 is 1.50 bits per heavy atom. The predicted octanol–water partition coefficient (Wildman–Crippen LogP) is 1.63. The lowest BCUT2D eigenvalue weighted by Gasteiger charge is -1.93. The van der Waals surface area contributed by atoms with E-state index >= 15 is 0 Å². The lowest BCUT2D eigenvalue weighted by molar-refractivity contribution is 0.416. The number of aromatic nitrogens is 2. The minimum absolute atomic E-state index is 0.331. The van der Waals surface area contributed by atoms with Gasteiger partial charge in [-0.05, 0) is 17.7 Å². The molecule has 1 fully saturated rings. The van der Waals surface area contributed by atoms with Gasteiger partial charge < -0.3 is 9.72 Å². The summed E-state index contributed by atoms with van der Waals surface area (Å²) in [6.07, 6.45) is 2.04. The predicted molar refractivity (Wildman–Crippen MR) is 44.8 cm³/mol. The first kappa shape index (κ1) is 6.20. The highest BCUT2D eigenvalue weighted by Gasteiger charge is 2.24. The fourth-order valence-corrected chi connectivity index (χ4v) is 1.39. The van der Waals surface area contributed by atoms with E-state index < -0.39 is 0 Å². The highest BCUT2D eigenvalue weighted by Crippen LogP contribution is 2.30. The molecule has 1 aliphatic rings. The van der Waals surface area contributed by atoms with Gasteiger partial charge in [0.15, 0.2) is 0 Å². The van der Waals surface area contributed by atoms with Crippen LogP contribution >= 0.6 is 0 Å². The zero-order valence-electron chi connectivity index (χ0n) is 6.45. The van der Waals surface area contributed by atoms with Crippen LogP contribution in [0.5, 0.6) is 0 Å². The number of H-pyrrole nitrogens is 1.